The number of rotatable bonds is 3. The minimum atomic E-state index is -0.981. The molecule has 1 heterocycles. The standard InChI is InChI=1S/C13H10N2O3/c14-12(16)11-5-10(6-15-7-11)8-1-3-9(4-2-8)13(17)18/h1-7H,(H2,14,16)(H,17,18). The summed E-state index contributed by atoms with van der Waals surface area (Å²) in [5, 5.41) is 8.79. The molecule has 0 unspecified atom stereocenters. The van der Waals surface area contributed by atoms with Crippen molar-refractivity contribution in [2.75, 3.05) is 0 Å². The first-order chi connectivity index (χ1) is 8.58. The molecule has 3 N–H and O–H groups in total. The van der Waals surface area contributed by atoms with Gasteiger partial charge in [-0.05, 0) is 23.8 Å². The van der Waals surface area contributed by atoms with E-state index in [1.807, 2.05) is 0 Å². The van der Waals surface area contributed by atoms with Gasteiger partial charge < -0.3 is 10.8 Å². The fourth-order valence-electron chi connectivity index (χ4n) is 1.54. The van der Waals surface area contributed by atoms with E-state index in [0.717, 1.165) is 5.56 Å². The number of carboxylic acid groups (broad SMARTS) is 1. The quantitative estimate of drug-likeness (QED) is 0.853. The van der Waals surface area contributed by atoms with Gasteiger partial charge in [0, 0.05) is 18.0 Å². The van der Waals surface area contributed by atoms with Crippen LogP contribution in [0.2, 0.25) is 0 Å². The number of hydrogen-bond acceptors (Lipinski definition) is 3. The lowest BCUT2D eigenvalue weighted by Gasteiger charge is -2.03. The predicted octanol–water partition coefficient (Wildman–Crippen LogP) is 1.55. The molecule has 0 spiro atoms. The number of benzene rings is 1. The fraction of sp³-hybridized carbons (Fsp3) is 0. The number of carbonyl (C=O) groups is 2. The third-order valence-electron chi connectivity index (χ3n) is 2.49. The zero-order chi connectivity index (χ0) is 13.1. The minimum absolute atomic E-state index is 0.206. The van der Waals surface area contributed by atoms with Crippen LogP contribution in [0.25, 0.3) is 11.1 Å². The number of amides is 1. The molecule has 0 aliphatic rings. The number of pyridine rings is 1. The van der Waals surface area contributed by atoms with Crippen LogP contribution in [0.5, 0.6) is 0 Å². The molecular formula is C13H10N2O3. The van der Waals surface area contributed by atoms with Crippen molar-refractivity contribution in [1.29, 1.82) is 0 Å². The summed E-state index contributed by atoms with van der Waals surface area (Å²) < 4.78 is 0. The first kappa shape index (κ1) is 11.8. The second-order valence-corrected chi connectivity index (χ2v) is 3.71. The molecule has 18 heavy (non-hydrogen) atoms. The van der Waals surface area contributed by atoms with Crippen LogP contribution >= 0.6 is 0 Å². The molecule has 2 rings (SSSR count). The van der Waals surface area contributed by atoms with E-state index in [-0.39, 0.29) is 5.56 Å². The highest BCUT2D eigenvalue weighted by atomic mass is 16.4. The van der Waals surface area contributed by atoms with Gasteiger partial charge in [-0.2, -0.15) is 0 Å². The van der Waals surface area contributed by atoms with Crippen molar-refractivity contribution in [3.63, 3.8) is 0 Å². The van der Waals surface area contributed by atoms with Crippen LogP contribution in [0.15, 0.2) is 42.7 Å². The molecule has 1 aromatic heterocycles. The molecule has 1 amide bonds. The second kappa shape index (κ2) is 4.67. The number of carbonyl (C=O) groups excluding carboxylic acids is 1. The minimum Gasteiger partial charge on any atom is -0.478 e. The van der Waals surface area contributed by atoms with Crippen molar-refractivity contribution >= 4 is 11.9 Å². The Bertz CT molecular complexity index is 606. The lowest BCUT2D eigenvalue weighted by molar-refractivity contribution is 0.0696. The summed E-state index contributed by atoms with van der Waals surface area (Å²) in [5.74, 6) is -1.53. The van der Waals surface area contributed by atoms with Gasteiger partial charge in [0.25, 0.3) is 0 Å². The van der Waals surface area contributed by atoms with Crippen molar-refractivity contribution in [2.24, 2.45) is 5.73 Å². The summed E-state index contributed by atoms with van der Waals surface area (Å²) in [6.45, 7) is 0. The number of hydrogen-bond donors (Lipinski definition) is 2. The Morgan fingerprint density at radius 2 is 1.67 bits per heavy atom. The molecule has 90 valence electrons. The first-order valence-electron chi connectivity index (χ1n) is 5.16. The molecule has 5 nitrogen and oxygen atoms in total. The maximum Gasteiger partial charge on any atom is 0.335 e. The van der Waals surface area contributed by atoms with E-state index in [4.69, 9.17) is 10.8 Å². The number of primary amides is 1. The molecule has 5 heteroatoms. The molecule has 0 radical (unpaired) electrons. The molecule has 0 fully saturated rings. The Morgan fingerprint density at radius 1 is 1.00 bits per heavy atom. The number of carboxylic acids is 1. The Kier molecular flexibility index (Phi) is 3.05. The summed E-state index contributed by atoms with van der Waals surface area (Å²) in [6, 6.07) is 7.92. The molecule has 2 aromatic rings. The van der Waals surface area contributed by atoms with Gasteiger partial charge in [-0.1, -0.05) is 12.1 Å². The van der Waals surface area contributed by atoms with Crippen molar-refractivity contribution in [2.45, 2.75) is 0 Å². The van der Waals surface area contributed by atoms with Crippen LogP contribution < -0.4 is 5.73 Å². The molecular weight excluding hydrogens is 232 g/mol. The highest BCUT2D eigenvalue weighted by Gasteiger charge is 2.06. The zero-order valence-electron chi connectivity index (χ0n) is 9.33. The second-order valence-electron chi connectivity index (χ2n) is 3.71. The van der Waals surface area contributed by atoms with Gasteiger partial charge in [-0.3, -0.25) is 9.78 Å². The number of aromatic carboxylic acids is 1. The van der Waals surface area contributed by atoms with E-state index in [2.05, 4.69) is 4.98 Å². The highest BCUT2D eigenvalue weighted by Crippen LogP contribution is 2.19. The first-order valence-corrected chi connectivity index (χ1v) is 5.16. The van der Waals surface area contributed by atoms with Gasteiger partial charge in [0.1, 0.15) is 0 Å². The number of nitrogens with zero attached hydrogens (tertiary/aromatic N) is 1. The molecule has 0 aliphatic carbocycles. The van der Waals surface area contributed by atoms with E-state index in [1.54, 1.807) is 24.4 Å². The van der Waals surface area contributed by atoms with E-state index in [9.17, 15) is 9.59 Å². The van der Waals surface area contributed by atoms with Gasteiger partial charge in [0.2, 0.25) is 5.91 Å². The summed E-state index contributed by atoms with van der Waals surface area (Å²) >= 11 is 0. The van der Waals surface area contributed by atoms with Gasteiger partial charge in [0.15, 0.2) is 0 Å². The Balaban J connectivity index is 2.39. The largest absolute Gasteiger partial charge is 0.478 e. The summed E-state index contributed by atoms with van der Waals surface area (Å²) in [6.07, 6.45) is 2.97. The van der Waals surface area contributed by atoms with Crippen LogP contribution in [-0.2, 0) is 0 Å². The fourth-order valence-corrected chi connectivity index (χ4v) is 1.54. The highest BCUT2D eigenvalue weighted by molar-refractivity contribution is 5.93. The Labute approximate surface area is 103 Å². The Morgan fingerprint density at radius 3 is 2.22 bits per heavy atom. The van der Waals surface area contributed by atoms with E-state index >= 15 is 0 Å². The lowest BCUT2D eigenvalue weighted by atomic mass is 10.0. The van der Waals surface area contributed by atoms with Crippen LogP contribution in [0.3, 0.4) is 0 Å². The SMILES string of the molecule is NC(=O)c1cncc(-c2ccc(C(=O)O)cc2)c1. The lowest BCUT2D eigenvalue weighted by Crippen LogP contribution is -2.11. The molecule has 0 atom stereocenters. The third kappa shape index (κ3) is 2.35. The molecule has 1 aromatic carbocycles. The normalized spacial score (nSPS) is 10.0. The summed E-state index contributed by atoms with van der Waals surface area (Å²) in [7, 11) is 0. The average molecular weight is 242 g/mol. The average Bonchev–Trinajstić information content (AvgIpc) is 2.39. The van der Waals surface area contributed by atoms with Crippen LogP contribution in [0.4, 0.5) is 0 Å². The van der Waals surface area contributed by atoms with Gasteiger partial charge >= 0.3 is 5.97 Å². The van der Waals surface area contributed by atoms with Crippen LogP contribution in [-0.4, -0.2) is 22.0 Å². The monoisotopic (exact) mass is 242 g/mol. The van der Waals surface area contributed by atoms with Crippen molar-refractivity contribution < 1.29 is 14.7 Å². The smallest absolute Gasteiger partial charge is 0.335 e. The van der Waals surface area contributed by atoms with Gasteiger partial charge in [0.05, 0.1) is 11.1 Å². The molecule has 0 bridgehead atoms. The van der Waals surface area contributed by atoms with Crippen molar-refractivity contribution in [1.82, 2.24) is 4.98 Å². The summed E-state index contributed by atoms with van der Waals surface area (Å²) in [4.78, 5) is 25.7. The summed E-state index contributed by atoms with van der Waals surface area (Å²) in [5.41, 5.74) is 7.17. The molecule has 0 saturated heterocycles. The van der Waals surface area contributed by atoms with E-state index < -0.39 is 11.9 Å². The number of nitrogens with two attached hydrogens (primary N) is 1. The maximum absolute atomic E-state index is 11.0. The van der Waals surface area contributed by atoms with Crippen LogP contribution in [0, 0.1) is 0 Å². The number of aromatic nitrogens is 1. The topological polar surface area (TPSA) is 93.3 Å². The molecule has 0 aliphatic heterocycles. The van der Waals surface area contributed by atoms with Gasteiger partial charge in [-0.15, -0.1) is 0 Å². The van der Waals surface area contributed by atoms with Crippen molar-refractivity contribution in [3.8, 4) is 11.1 Å². The van der Waals surface area contributed by atoms with E-state index in [1.165, 1.54) is 18.3 Å². The van der Waals surface area contributed by atoms with E-state index in [0.29, 0.717) is 11.1 Å². The third-order valence-corrected chi connectivity index (χ3v) is 2.49. The van der Waals surface area contributed by atoms with Crippen LogP contribution in [0.1, 0.15) is 20.7 Å². The molecule has 0 saturated carbocycles. The van der Waals surface area contributed by atoms with Crippen molar-refractivity contribution in [3.05, 3.63) is 53.9 Å². The Hall–Kier alpha value is -2.69. The maximum atomic E-state index is 11.0. The zero-order valence-corrected chi connectivity index (χ0v) is 9.33. The van der Waals surface area contributed by atoms with Gasteiger partial charge in [-0.25, -0.2) is 4.79 Å². The predicted molar refractivity (Wildman–Crippen MR) is 65.2 cm³/mol.